The highest BCUT2D eigenvalue weighted by molar-refractivity contribution is 6.35. The molecule has 0 atom stereocenters. The van der Waals surface area contributed by atoms with Crippen LogP contribution in [0.2, 0.25) is 5.02 Å². The summed E-state index contributed by atoms with van der Waals surface area (Å²) in [5, 5.41) is 3.19. The van der Waals surface area contributed by atoms with E-state index in [-0.39, 0.29) is 16.7 Å². The second-order valence-corrected chi connectivity index (χ2v) is 8.13. The number of carbonyl (C=O) groups is 4. The van der Waals surface area contributed by atoms with Gasteiger partial charge in [-0.25, -0.2) is 9.69 Å². The van der Waals surface area contributed by atoms with Crippen molar-refractivity contribution in [2.24, 2.45) is 0 Å². The molecule has 0 bridgehead atoms. The van der Waals surface area contributed by atoms with Gasteiger partial charge in [0.1, 0.15) is 0 Å². The fourth-order valence-corrected chi connectivity index (χ4v) is 3.75. The Bertz CT molecular complexity index is 1240. The first-order valence-corrected chi connectivity index (χ1v) is 11.1. The van der Waals surface area contributed by atoms with E-state index in [2.05, 4.69) is 5.32 Å². The van der Waals surface area contributed by atoms with Crippen LogP contribution >= 0.6 is 11.6 Å². The minimum Gasteiger partial charge on any atom is -0.452 e. The molecule has 3 aromatic carbocycles. The van der Waals surface area contributed by atoms with Gasteiger partial charge in [0.05, 0.1) is 22.4 Å². The molecule has 8 heteroatoms. The molecule has 0 radical (unpaired) electrons. The first kappa shape index (κ1) is 23.2. The molecule has 1 heterocycles. The number of nitrogens with one attached hydrogen (secondary N) is 1. The van der Waals surface area contributed by atoms with Crippen molar-refractivity contribution < 1.29 is 23.9 Å². The number of anilines is 1. The van der Waals surface area contributed by atoms with Crippen LogP contribution in [0.25, 0.3) is 0 Å². The van der Waals surface area contributed by atoms with E-state index in [0.29, 0.717) is 17.3 Å². The van der Waals surface area contributed by atoms with Gasteiger partial charge in [0, 0.05) is 11.6 Å². The van der Waals surface area contributed by atoms with Crippen molar-refractivity contribution in [1.82, 2.24) is 5.32 Å². The second-order valence-electron chi connectivity index (χ2n) is 7.70. The van der Waals surface area contributed by atoms with Crippen molar-refractivity contribution in [3.05, 3.63) is 100 Å². The zero-order valence-electron chi connectivity index (χ0n) is 18.1. The van der Waals surface area contributed by atoms with E-state index in [4.69, 9.17) is 16.3 Å². The molecule has 1 N–H and O–H groups in total. The lowest BCUT2D eigenvalue weighted by Crippen LogP contribution is -2.30. The summed E-state index contributed by atoms with van der Waals surface area (Å²) in [4.78, 5) is 51.0. The SMILES string of the molecule is O=C(COC(=O)c1ccc2c(c1)C(=O)N(c1ccc(Cl)cc1)C2=O)NCCCc1ccccc1. The number of esters is 1. The Morgan fingerprint density at radius 1 is 0.882 bits per heavy atom. The predicted molar refractivity (Wildman–Crippen MR) is 127 cm³/mol. The van der Waals surface area contributed by atoms with Crippen LogP contribution < -0.4 is 10.2 Å². The summed E-state index contributed by atoms with van der Waals surface area (Å²) in [6.07, 6.45) is 1.59. The predicted octanol–water partition coefficient (Wildman–Crippen LogP) is 4.05. The van der Waals surface area contributed by atoms with Gasteiger partial charge in [-0.3, -0.25) is 14.4 Å². The first-order valence-electron chi connectivity index (χ1n) is 10.7. The molecule has 0 unspecified atom stereocenters. The summed E-state index contributed by atoms with van der Waals surface area (Å²) < 4.78 is 5.08. The highest BCUT2D eigenvalue weighted by Crippen LogP contribution is 2.30. The van der Waals surface area contributed by atoms with Crippen LogP contribution in [0, 0.1) is 0 Å². The van der Waals surface area contributed by atoms with Crippen molar-refractivity contribution in [3.8, 4) is 0 Å². The maximum absolute atomic E-state index is 12.8. The number of nitrogens with zero attached hydrogens (tertiary/aromatic N) is 1. The number of hydrogen-bond acceptors (Lipinski definition) is 5. The summed E-state index contributed by atoms with van der Waals surface area (Å²) in [7, 11) is 0. The molecular formula is C26H21ClN2O5. The standard InChI is InChI=1S/C26H21ClN2O5/c27-19-9-11-20(12-10-19)29-24(31)21-13-8-18(15-22(21)25(29)32)26(33)34-16-23(30)28-14-4-7-17-5-2-1-3-6-17/h1-3,5-6,8-13,15H,4,7,14,16H2,(H,28,30). The third-order valence-electron chi connectivity index (χ3n) is 5.35. The number of fused-ring (bicyclic) bond motifs is 1. The molecule has 0 saturated heterocycles. The fourth-order valence-electron chi connectivity index (χ4n) is 3.62. The van der Waals surface area contributed by atoms with Crippen LogP contribution in [0.15, 0.2) is 72.8 Å². The number of rotatable bonds is 8. The number of hydrogen-bond donors (Lipinski definition) is 1. The van der Waals surface area contributed by atoms with Crippen molar-refractivity contribution in [2.75, 3.05) is 18.1 Å². The molecular weight excluding hydrogens is 456 g/mol. The van der Waals surface area contributed by atoms with Crippen LogP contribution in [-0.4, -0.2) is 36.8 Å². The lowest BCUT2D eigenvalue weighted by Gasteiger charge is -2.13. The van der Waals surface area contributed by atoms with Gasteiger partial charge in [-0.15, -0.1) is 0 Å². The molecule has 0 spiro atoms. The van der Waals surface area contributed by atoms with Crippen molar-refractivity contribution in [3.63, 3.8) is 0 Å². The Morgan fingerprint density at radius 3 is 2.32 bits per heavy atom. The zero-order chi connectivity index (χ0) is 24.1. The topological polar surface area (TPSA) is 92.8 Å². The molecule has 0 aliphatic carbocycles. The minimum atomic E-state index is -0.757. The Balaban J connectivity index is 1.31. The van der Waals surface area contributed by atoms with E-state index in [1.807, 2.05) is 30.3 Å². The summed E-state index contributed by atoms with van der Waals surface area (Å²) in [5.74, 6) is -2.21. The van der Waals surface area contributed by atoms with Gasteiger partial charge in [-0.05, 0) is 60.9 Å². The Labute approximate surface area is 201 Å². The quantitative estimate of drug-likeness (QED) is 0.301. The van der Waals surface area contributed by atoms with Gasteiger partial charge in [0.25, 0.3) is 17.7 Å². The highest BCUT2D eigenvalue weighted by atomic mass is 35.5. The van der Waals surface area contributed by atoms with E-state index in [1.165, 1.54) is 23.8 Å². The number of amides is 3. The Kier molecular flexibility index (Phi) is 7.04. The second kappa shape index (κ2) is 10.3. The molecule has 4 rings (SSSR count). The van der Waals surface area contributed by atoms with E-state index < -0.39 is 30.3 Å². The molecule has 1 aliphatic rings. The summed E-state index contributed by atoms with van der Waals surface area (Å²) in [5.41, 5.74) is 1.92. The molecule has 0 aromatic heterocycles. The molecule has 0 saturated carbocycles. The molecule has 7 nitrogen and oxygen atoms in total. The van der Waals surface area contributed by atoms with Gasteiger partial charge in [0.2, 0.25) is 0 Å². The molecule has 172 valence electrons. The van der Waals surface area contributed by atoms with E-state index in [9.17, 15) is 19.2 Å². The highest BCUT2D eigenvalue weighted by Gasteiger charge is 2.37. The third-order valence-corrected chi connectivity index (χ3v) is 5.60. The summed E-state index contributed by atoms with van der Waals surface area (Å²) in [6.45, 7) is 0.0201. The smallest absolute Gasteiger partial charge is 0.338 e. The average molecular weight is 477 g/mol. The number of benzene rings is 3. The summed E-state index contributed by atoms with van der Waals surface area (Å²) >= 11 is 5.88. The van der Waals surface area contributed by atoms with Crippen LogP contribution in [0.1, 0.15) is 43.1 Å². The van der Waals surface area contributed by atoms with Crippen LogP contribution in [0.5, 0.6) is 0 Å². The molecule has 34 heavy (non-hydrogen) atoms. The summed E-state index contributed by atoms with van der Waals surface area (Å²) in [6, 6.07) is 20.3. The van der Waals surface area contributed by atoms with E-state index in [0.717, 1.165) is 17.7 Å². The molecule has 3 aromatic rings. The Hall–Kier alpha value is -3.97. The Morgan fingerprint density at radius 2 is 1.59 bits per heavy atom. The van der Waals surface area contributed by atoms with Crippen LogP contribution in [0.3, 0.4) is 0 Å². The number of imide groups is 1. The van der Waals surface area contributed by atoms with Gasteiger partial charge >= 0.3 is 5.97 Å². The lowest BCUT2D eigenvalue weighted by molar-refractivity contribution is -0.124. The van der Waals surface area contributed by atoms with E-state index >= 15 is 0 Å². The maximum Gasteiger partial charge on any atom is 0.338 e. The minimum absolute atomic E-state index is 0.0785. The normalized spacial score (nSPS) is 12.4. The first-order chi connectivity index (χ1) is 16.4. The largest absolute Gasteiger partial charge is 0.452 e. The number of aryl methyl sites for hydroxylation is 1. The van der Waals surface area contributed by atoms with Gasteiger partial charge in [-0.2, -0.15) is 0 Å². The fraction of sp³-hybridized carbons (Fsp3) is 0.154. The molecule has 1 aliphatic heterocycles. The number of ether oxygens (including phenoxy) is 1. The number of carbonyl (C=O) groups excluding carboxylic acids is 4. The van der Waals surface area contributed by atoms with E-state index in [1.54, 1.807) is 24.3 Å². The van der Waals surface area contributed by atoms with Crippen LogP contribution in [0.4, 0.5) is 5.69 Å². The van der Waals surface area contributed by atoms with Crippen molar-refractivity contribution >= 4 is 41.0 Å². The molecule has 3 amide bonds. The van der Waals surface area contributed by atoms with Crippen LogP contribution in [-0.2, 0) is 16.0 Å². The zero-order valence-corrected chi connectivity index (χ0v) is 18.9. The maximum atomic E-state index is 12.8. The number of halogens is 1. The van der Waals surface area contributed by atoms with Crippen molar-refractivity contribution in [1.29, 1.82) is 0 Å². The molecule has 0 fully saturated rings. The monoisotopic (exact) mass is 476 g/mol. The van der Waals surface area contributed by atoms with Crippen molar-refractivity contribution in [2.45, 2.75) is 12.8 Å². The van der Waals surface area contributed by atoms with Gasteiger partial charge in [-0.1, -0.05) is 41.9 Å². The average Bonchev–Trinajstić information content (AvgIpc) is 3.11. The van der Waals surface area contributed by atoms with Gasteiger partial charge in [0.15, 0.2) is 6.61 Å². The third kappa shape index (κ3) is 5.15. The van der Waals surface area contributed by atoms with Gasteiger partial charge < -0.3 is 10.1 Å². The lowest BCUT2D eigenvalue weighted by atomic mass is 10.1.